The van der Waals surface area contributed by atoms with Crippen LogP contribution in [-0.2, 0) is 27.2 Å². The number of pyridine rings is 1. The Labute approximate surface area is 206 Å². The van der Waals surface area contributed by atoms with Gasteiger partial charge in [0.15, 0.2) is 23.2 Å². The Hall–Kier alpha value is -2.97. The Morgan fingerprint density at radius 2 is 2.21 bits per heavy atom. The van der Waals surface area contributed by atoms with Gasteiger partial charge in [0.05, 0.1) is 6.04 Å². The molecule has 2 aromatic rings. The van der Waals surface area contributed by atoms with Crippen LogP contribution in [0.2, 0.25) is 0 Å². The summed E-state index contributed by atoms with van der Waals surface area (Å²) in [5.41, 5.74) is 6.85. The molecule has 0 aromatic carbocycles. The van der Waals surface area contributed by atoms with Gasteiger partial charge < -0.3 is 21.0 Å². The molecule has 2 aliphatic rings. The molecule has 11 nitrogen and oxygen atoms in total. The lowest BCUT2D eigenvalue weighted by Crippen LogP contribution is -2.70. The van der Waals surface area contributed by atoms with Crippen LogP contribution in [0.4, 0.5) is 9.93 Å². The summed E-state index contributed by atoms with van der Waals surface area (Å²) in [5.74, 6) is -0.446. The quantitative estimate of drug-likeness (QED) is 0.169. The number of β-lactam (4-membered cyclic amide) rings is 1. The van der Waals surface area contributed by atoms with E-state index in [0.29, 0.717) is 18.6 Å². The molecule has 180 valence electrons. The molecule has 0 saturated carbocycles. The van der Waals surface area contributed by atoms with E-state index in [1.54, 1.807) is 5.38 Å². The average molecular weight is 524 g/mol. The average Bonchev–Trinajstić information content (AvgIpc) is 3.25. The highest BCUT2D eigenvalue weighted by Crippen LogP contribution is 2.44. The highest BCUT2D eigenvalue weighted by Gasteiger charge is 2.53. The predicted octanol–water partition coefficient (Wildman–Crippen LogP) is 1.31. The van der Waals surface area contributed by atoms with Crippen LogP contribution in [0.1, 0.15) is 24.1 Å². The Bertz CT molecular complexity index is 1200. The summed E-state index contributed by atoms with van der Waals surface area (Å²) in [6.45, 7) is 0. The summed E-state index contributed by atoms with van der Waals surface area (Å²) >= 11 is 2.61. The van der Waals surface area contributed by atoms with Crippen molar-refractivity contribution in [3.8, 4) is 0 Å². The molecule has 2 aliphatic heterocycles. The standard InChI is InChI=1S/C20H22N6O5S3/c1-25-7-5-11(6-8-25)9-32-14-4-3-13-16(18(28)26(13)34(14)20(29)30)23-17(27)15(24-31-2)12-10-33-19(21)22-12/h5-8,10,13,16H,3-4,9H2,1-2H3,(H3-,21,22,23,27,29,30)/p+1. The number of rotatable bonds is 6. The first-order chi connectivity index (χ1) is 16.3. The summed E-state index contributed by atoms with van der Waals surface area (Å²) in [4.78, 5) is 46.7. The number of anilines is 1. The molecule has 4 heterocycles. The molecular formula is C20H23N6O5S3+. The number of nitrogens with two attached hydrogens (primary N) is 1. The van der Waals surface area contributed by atoms with Crippen LogP contribution in [0.15, 0.2) is 35.1 Å². The van der Waals surface area contributed by atoms with Crippen molar-refractivity contribution in [1.29, 1.82) is 0 Å². The first kappa shape index (κ1) is 24.2. The monoisotopic (exact) mass is 523 g/mol. The maximum Gasteiger partial charge on any atom is 0.379 e. The van der Waals surface area contributed by atoms with Crippen LogP contribution in [0.5, 0.6) is 0 Å². The zero-order valence-corrected chi connectivity index (χ0v) is 20.8. The first-order valence-corrected chi connectivity index (χ1v) is 13.2. The van der Waals surface area contributed by atoms with Gasteiger partial charge >= 0.3 is 5.30 Å². The van der Waals surface area contributed by atoms with Crippen molar-refractivity contribution in [3.05, 3.63) is 41.2 Å². The molecular weight excluding hydrogens is 500 g/mol. The fourth-order valence-electron chi connectivity index (χ4n) is 3.66. The smallest absolute Gasteiger partial charge is 0.379 e. The predicted molar refractivity (Wildman–Crippen MR) is 131 cm³/mol. The first-order valence-electron chi connectivity index (χ1n) is 10.2. The molecule has 2 amide bonds. The zero-order valence-electron chi connectivity index (χ0n) is 18.3. The second kappa shape index (κ2) is 10.1. The molecule has 3 unspecified atom stereocenters. The fraction of sp³-hybridized carbons (Fsp3) is 0.350. The number of hydrogen-bond acceptors (Lipinski definition) is 9. The summed E-state index contributed by atoms with van der Waals surface area (Å²) in [6, 6.07) is 2.72. The molecule has 0 aliphatic carbocycles. The molecule has 3 atom stereocenters. The molecule has 1 saturated heterocycles. The van der Waals surface area contributed by atoms with Gasteiger partial charge in [-0.25, -0.2) is 14.3 Å². The van der Waals surface area contributed by atoms with Crippen molar-refractivity contribution in [2.75, 3.05) is 12.8 Å². The number of oxime groups is 1. The number of amides is 2. The van der Waals surface area contributed by atoms with E-state index in [-0.39, 0.29) is 16.5 Å². The Morgan fingerprint density at radius 1 is 1.47 bits per heavy atom. The summed E-state index contributed by atoms with van der Waals surface area (Å²) in [6.07, 6.45) is 4.96. The number of thioether (sulfide) groups is 1. The third-order valence-electron chi connectivity index (χ3n) is 5.29. The van der Waals surface area contributed by atoms with Crippen LogP contribution in [0.3, 0.4) is 0 Å². The van der Waals surface area contributed by atoms with Crippen molar-refractivity contribution < 1.29 is 28.9 Å². The van der Waals surface area contributed by atoms with Crippen molar-refractivity contribution in [2.24, 2.45) is 12.2 Å². The van der Waals surface area contributed by atoms with Gasteiger partial charge in [-0.2, -0.15) is 0 Å². The SMILES string of the molecule is CON=C(C(=O)NC1C(=O)N2C1CCC(SCc1cc[n+](C)cc1)=S2C(=O)O)c1csc(N)n1. The third-order valence-corrected chi connectivity index (χ3v) is 9.60. The normalized spacial score (nSPS) is 22.1. The number of hydrogen-bond donors (Lipinski definition) is 3. The van der Waals surface area contributed by atoms with Crippen molar-refractivity contribution in [2.45, 2.75) is 30.7 Å². The van der Waals surface area contributed by atoms with Gasteiger partial charge in [0.2, 0.25) is 0 Å². The number of fused-ring (bicyclic) bond motifs is 1. The zero-order chi connectivity index (χ0) is 24.4. The van der Waals surface area contributed by atoms with E-state index in [1.165, 1.54) is 23.2 Å². The molecule has 14 heteroatoms. The highest BCUT2D eigenvalue weighted by molar-refractivity contribution is 8.39. The highest BCUT2D eigenvalue weighted by atomic mass is 32.2. The van der Waals surface area contributed by atoms with Crippen LogP contribution in [-0.4, -0.2) is 60.6 Å². The van der Waals surface area contributed by atoms with Gasteiger partial charge in [-0.05, 0) is 18.4 Å². The number of carbonyl (C=O) groups excluding carboxylic acids is 2. The van der Waals surface area contributed by atoms with E-state index in [1.807, 2.05) is 36.1 Å². The lowest BCUT2D eigenvalue weighted by Gasteiger charge is -2.50. The van der Waals surface area contributed by atoms with Gasteiger partial charge in [0.25, 0.3) is 11.8 Å². The largest absolute Gasteiger partial charge is 0.472 e. The Morgan fingerprint density at radius 3 is 2.82 bits per heavy atom. The lowest BCUT2D eigenvalue weighted by molar-refractivity contribution is -0.671. The van der Waals surface area contributed by atoms with E-state index in [0.717, 1.165) is 21.1 Å². The number of nitrogens with zero attached hydrogens (tertiary/aromatic N) is 4. The minimum Gasteiger partial charge on any atom is -0.472 e. The Balaban J connectivity index is 1.48. The maximum absolute atomic E-state index is 12.9. The van der Waals surface area contributed by atoms with Gasteiger partial charge in [-0.1, -0.05) is 5.16 Å². The summed E-state index contributed by atoms with van der Waals surface area (Å²) in [7, 11) is 1.85. The van der Waals surface area contributed by atoms with E-state index in [4.69, 9.17) is 10.6 Å². The van der Waals surface area contributed by atoms with Gasteiger partial charge in [-0.15, -0.1) is 23.1 Å². The second-order valence-corrected chi connectivity index (χ2v) is 11.5. The number of nitrogen functional groups attached to an aromatic ring is 1. The minimum absolute atomic E-state index is 0.103. The molecule has 0 bridgehead atoms. The van der Waals surface area contributed by atoms with Crippen molar-refractivity contribution in [3.63, 3.8) is 0 Å². The number of carbonyl (C=O) groups is 3. The molecule has 4 N–H and O–H groups in total. The van der Waals surface area contributed by atoms with Gasteiger partial charge in [0, 0.05) is 38.1 Å². The minimum atomic E-state index is -1.37. The van der Waals surface area contributed by atoms with Crippen LogP contribution in [0, 0.1) is 0 Å². The molecule has 34 heavy (non-hydrogen) atoms. The van der Waals surface area contributed by atoms with Gasteiger partial charge in [-0.3, -0.25) is 13.9 Å². The molecule has 4 rings (SSSR count). The number of nitrogens with one attached hydrogen (secondary N) is 1. The summed E-state index contributed by atoms with van der Waals surface area (Å²) < 4.78 is 4.07. The topological polar surface area (TPSA) is 151 Å². The number of aryl methyl sites for hydroxylation is 1. The van der Waals surface area contributed by atoms with E-state index in [2.05, 4.69) is 15.5 Å². The summed E-state index contributed by atoms with van der Waals surface area (Å²) in [5, 5.41) is 17.1. The van der Waals surface area contributed by atoms with Gasteiger partial charge in [0.1, 0.15) is 25.9 Å². The van der Waals surface area contributed by atoms with E-state index in [9.17, 15) is 19.5 Å². The van der Waals surface area contributed by atoms with Crippen LogP contribution < -0.4 is 15.6 Å². The number of aromatic nitrogens is 2. The molecule has 0 radical (unpaired) electrons. The fourth-order valence-corrected chi connectivity index (χ4v) is 7.75. The van der Waals surface area contributed by atoms with Crippen LogP contribution in [0.25, 0.3) is 0 Å². The molecule has 0 spiro atoms. The molecule has 2 aromatic heterocycles. The van der Waals surface area contributed by atoms with Crippen molar-refractivity contribution in [1.82, 2.24) is 14.6 Å². The lowest BCUT2D eigenvalue weighted by atomic mass is 9.94. The van der Waals surface area contributed by atoms with E-state index >= 15 is 0 Å². The number of carboxylic acid groups (broad SMARTS) is 1. The van der Waals surface area contributed by atoms with E-state index < -0.39 is 39.9 Å². The van der Waals surface area contributed by atoms with Crippen LogP contribution >= 0.6 is 33.8 Å². The third kappa shape index (κ3) is 4.79. The number of thiazole rings is 1. The molecule has 1 fully saturated rings. The maximum atomic E-state index is 12.9. The van der Waals surface area contributed by atoms with Crippen molar-refractivity contribution >= 4 is 65.9 Å². The Kier molecular flexibility index (Phi) is 7.19. The second-order valence-electron chi connectivity index (χ2n) is 7.50.